The number of aliphatic hydroxyl groups excluding tert-OH is 15. The summed E-state index contributed by atoms with van der Waals surface area (Å²) in [6.45, 7) is -2.58. The van der Waals surface area contributed by atoms with Gasteiger partial charge in [0, 0.05) is 5.92 Å². The van der Waals surface area contributed by atoms with Gasteiger partial charge in [-0.1, -0.05) is 18.2 Å². The first kappa shape index (κ1) is 46.6. The number of phenols is 2. The molecule has 54 heavy (non-hydrogen) atoms. The molecule has 14 atom stereocenters. The number of aromatic hydroxyl groups is 2. The van der Waals surface area contributed by atoms with Gasteiger partial charge in [0.15, 0.2) is 12.6 Å². The van der Waals surface area contributed by atoms with E-state index in [9.17, 15) is 50.1 Å². The Hall–Kier alpha value is -3.59. The number of aldehydes is 2. The summed E-state index contributed by atoms with van der Waals surface area (Å²) in [4.78, 5) is 32.9. The summed E-state index contributed by atoms with van der Waals surface area (Å²) in [7, 11) is 0. The van der Waals surface area contributed by atoms with Crippen molar-refractivity contribution in [2.24, 2.45) is 0 Å². The molecule has 0 spiro atoms. The fraction of sp³-hybridized carbons (Fsp3) is 0.545. The minimum absolute atomic E-state index is 0.0258. The molecular formula is C33H46O21. The van der Waals surface area contributed by atoms with Crippen LogP contribution in [0.4, 0.5) is 0 Å². The van der Waals surface area contributed by atoms with Gasteiger partial charge in [-0.15, -0.1) is 0 Å². The van der Waals surface area contributed by atoms with Crippen LogP contribution in [0.1, 0.15) is 38.5 Å². The highest BCUT2D eigenvalue weighted by Gasteiger charge is 2.50. The number of hydrogen-bond acceptors (Lipinski definition) is 21. The predicted molar refractivity (Wildman–Crippen MR) is 176 cm³/mol. The maximum absolute atomic E-state index is 13.1. The maximum Gasteiger partial charge on any atom is 0.201 e. The van der Waals surface area contributed by atoms with Crippen molar-refractivity contribution in [2.45, 2.75) is 91.9 Å². The van der Waals surface area contributed by atoms with Crippen molar-refractivity contribution in [1.82, 2.24) is 0 Å². The van der Waals surface area contributed by atoms with Crippen molar-refractivity contribution in [3.05, 3.63) is 58.1 Å². The van der Waals surface area contributed by atoms with Gasteiger partial charge < -0.3 is 101 Å². The lowest BCUT2D eigenvalue weighted by Gasteiger charge is -2.45. The predicted octanol–water partition coefficient (Wildman–Crippen LogP) is -7.65. The minimum atomic E-state index is -1.79. The monoisotopic (exact) mass is 778 g/mol. The van der Waals surface area contributed by atoms with Gasteiger partial charge in [-0.05, 0) is 28.8 Å². The molecule has 21 nitrogen and oxygen atoms in total. The molecule has 2 aromatic rings. The fourth-order valence-electron chi connectivity index (χ4n) is 5.65. The molecule has 2 aromatic carbocycles. The van der Waals surface area contributed by atoms with Crippen LogP contribution in [0, 0.1) is 0 Å². The van der Waals surface area contributed by atoms with Crippen LogP contribution >= 0.6 is 0 Å². The molecule has 1 aliphatic heterocycles. The van der Waals surface area contributed by atoms with Crippen LogP contribution in [0.25, 0.3) is 0 Å². The number of aliphatic hydroxyl groups is 15. The minimum Gasteiger partial charge on any atom is -0.507 e. The highest BCUT2D eigenvalue weighted by Crippen LogP contribution is 2.47. The second kappa shape index (κ2) is 20.9. The topological polar surface area (TPSA) is 404 Å². The van der Waals surface area contributed by atoms with Crippen molar-refractivity contribution in [3.63, 3.8) is 0 Å². The summed E-state index contributed by atoms with van der Waals surface area (Å²) >= 11 is 0. The molecule has 1 heterocycles. The molecule has 1 aliphatic carbocycles. The molecule has 0 saturated carbocycles. The van der Waals surface area contributed by atoms with Crippen LogP contribution in [0.15, 0.2) is 30.3 Å². The van der Waals surface area contributed by atoms with Crippen LogP contribution in [0.3, 0.4) is 0 Å². The Bertz CT molecular complexity index is 1490. The number of ether oxygens (including phenoxy) is 1. The highest BCUT2D eigenvalue weighted by molar-refractivity contribution is 6.16. The van der Waals surface area contributed by atoms with E-state index in [1.807, 2.05) is 0 Å². The lowest BCUT2D eigenvalue weighted by Crippen LogP contribution is -2.60. The molecule has 0 aromatic heterocycles. The number of fused-ring (bicyclic) bond motifs is 2. The van der Waals surface area contributed by atoms with Gasteiger partial charge in [-0.25, -0.2) is 0 Å². The van der Waals surface area contributed by atoms with E-state index < -0.39 is 123 Å². The molecule has 0 bridgehead atoms. The molecule has 17 N–H and O–H groups in total. The van der Waals surface area contributed by atoms with Crippen molar-refractivity contribution < 1.29 is 106 Å². The first-order valence-corrected chi connectivity index (χ1v) is 16.1. The zero-order valence-corrected chi connectivity index (χ0v) is 28.2. The standard InChI is InChI=1S/C21H22O9.2C6H12O6/c22-6-8-4-10-14(21-20(29)19(28)17(26)13(7-23)30-21)9-2-1-3-11(24)15(9)18(27)16(10)12(25)5-8;2*7-1-3(9)5(11)6(12)4(10)2-8/h1-5,13-14,17,19-26,28-29H,6-7H2;2*1,3-6,8-12H,2H2/t13-,14-,17-,19+,20-,21+;3-,4+,5+,6+;3-,4-,5-,6-/m101/s1. The number of rotatable bonds is 13. The summed E-state index contributed by atoms with van der Waals surface area (Å²) in [6.07, 6.45) is -20.9. The molecule has 304 valence electrons. The Morgan fingerprint density at radius 1 is 0.648 bits per heavy atom. The summed E-state index contributed by atoms with van der Waals surface area (Å²) in [5.74, 6) is -2.34. The zero-order valence-electron chi connectivity index (χ0n) is 28.2. The third-order valence-corrected chi connectivity index (χ3v) is 8.69. The van der Waals surface area contributed by atoms with Gasteiger partial charge >= 0.3 is 0 Å². The van der Waals surface area contributed by atoms with Gasteiger partial charge in [0.2, 0.25) is 5.78 Å². The Balaban J connectivity index is 0.000000348. The highest BCUT2D eigenvalue weighted by atomic mass is 16.5. The van der Waals surface area contributed by atoms with E-state index in [-0.39, 0.29) is 40.6 Å². The third-order valence-electron chi connectivity index (χ3n) is 8.69. The molecule has 1 fully saturated rings. The average molecular weight is 779 g/mol. The summed E-state index contributed by atoms with van der Waals surface area (Å²) in [5, 5.41) is 158. The van der Waals surface area contributed by atoms with Crippen LogP contribution in [0.2, 0.25) is 0 Å². The molecule has 2 aliphatic rings. The SMILES string of the molecule is O=C1c2c(O)cccc2[C@@H]([C@@H]2O[C@H](CO)[C@@H](O)[C@H](O)[C@H]2O)c2cc(CO)cc(O)c21.O=C[C@@H](O)[C@@H](O)[C@H](O)[C@H](O)CO.O=C[C@H](O)[C@@H](O)[C@H](O)[C@H](O)CO. The lowest BCUT2D eigenvalue weighted by atomic mass is 9.71. The van der Waals surface area contributed by atoms with E-state index in [2.05, 4.69) is 0 Å². The summed E-state index contributed by atoms with van der Waals surface area (Å²) in [5.41, 5.74) is 0.609. The fourth-order valence-corrected chi connectivity index (χ4v) is 5.65. The van der Waals surface area contributed by atoms with Crippen molar-refractivity contribution in [3.8, 4) is 11.5 Å². The van der Waals surface area contributed by atoms with Gasteiger partial charge in [0.25, 0.3) is 0 Å². The maximum atomic E-state index is 13.1. The van der Waals surface area contributed by atoms with E-state index in [1.165, 1.54) is 24.3 Å². The molecule has 1 saturated heterocycles. The molecule has 21 heteroatoms. The lowest BCUT2D eigenvalue weighted by molar-refractivity contribution is -0.232. The average Bonchev–Trinajstić information content (AvgIpc) is 3.18. The number of hydrogen-bond donors (Lipinski definition) is 17. The third kappa shape index (κ3) is 10.4. The Kier molecular flexibility index (Phi) is 18.0. The number of benzene rings is 2. The van der Waals surface area contributed by atoms with E-state index >= 15 is 0 Å². The second-order valence-electron chi connectivity index (χ2n) is 12.3. The van der Waals surface area contributed by atoms with E-state index in [1.54, 1.807) is 6.07 Å². The summed E-state index contributed by atoms with van der Waals surface area (Å²) in [6, 6.07) is 7.06. The van der Waals surface area contributed by atoms with E-state index in [4.69, 9.17) is 55.8 Å². The Labute approximate surface area is 305 Å². The van der Waals surface area contributed by atoms with E-state index in [0.717, 1.165) is 0 Å². The zero-order chi connectivity index (χ0) is 41.2. The van der Waals surface area contributed by atoms with Crippen LogP contribution < -0.4 is 0 Å². The summed E-state index contributed by atoms with van der Waals surface area (Å²) < 4.78 is 5.73. The first-order valence-electron chi connectivity index (χ1n) is 16.1. The molecule has 0 unspecified atom stereocenters. The van der Waals surface area contributed by atoms with Crippen LogP contribution in [-0.2, 0) is 20.9 Å². The van der Waals surface area contributed by atoms with Gasteiger partial charge in [-0.2, -0.15) is 0 Å². The van der Waals surface area contributed by atoms with E-state index in [0.29, 0.717) is 5.56 Å². The quantitative estimate of drug-likeness (QED) is 0.0840. The first-order chi connectivity index (χ1) is 25.4. The number of ketones is 1. The van der Waals surface area contributed by atoms with Gasteiger partial charge in [-0.3, -0.25) is 4.79 Å². The van der Waals surface area contributed by atoms with Crippen molar-refractivity contribution in [2.75, 3.05) is 19.8 Å². The number of carbonyl (C=O) groups excluding carboxylic acids is 3. The molecule has 4 rings (SSSR count). The number of phenolic OH excluding ortho intramolecular Hbond substituents is 2. The van der Waals surface area contributed by atoms with Gasteiger partial charge in [0.05, 0.1) is 43.7 Å². The molecule has 0 amide bonds. The van der Waals surface area contributed by atoms with Crippen LogP contribution in [-0.4, -0.2) is 204 Å². The molecular weight excluding hydrogens is 732 g/mol. The Morgan fingerprint density at radius 2 is 1.15 bits per heavy atom. The van der Waals surface area contributed by atoms with Gasteiger partial charge in [0.1, 0.15) is 84.7 Å². The normalized spacial score (nSPS) is 26.4. The number of carbonyl (C=O) groups is 3. The van der Waals surface area contributed by atoms with Crippen LogP contribution in [0.5, 0.6) is 11.5 Å². The van der Waals surface area contributed by atoms with Crippen molar-refractivity contribution in [1.29, 1.82) is 0 Å². The second-order valence-corrected chi connectivity index (χ2v) is 12.3. The molecule has 0 radical (unpaired) electrons. The van der Waals surface area contributed by atoms with Crippen molar-refractivity contribution >= 4 is 18.4 Å². The largest absolute Gasteiger partial charge is 0.507 e. The Morgan fingerprint density at radius 3 is 1.59 bits per heavy atom. The smallest absolute Gasteiger partial charge is 0.201 e.